The maximum absolute atomic E-state index is 11.4. The van der Waals surface area contributed by atoms with Crippen molar-refractivity contribution in [3.05, 3.63) is 0 Å². The molecule has 3 N–H and O–H groups in total. The summed E-state index contributed by atoms with van der Waals surface area (Å²) in [6.45, 7) is 3.63. The molecule has 0 aromatic heterocycles. The van der Waals surface area contributed by atoms with Crippen molar-refractivity contribution in [2.75, 3.05) is 6.54 Å². The summed E-state index contributed by atoms with van der Waals surface area (Å²) in [5.41, 5.74) is 5.49. The predicted octanol–water partition coefficient (Wildman–Crippen LogP) is 1.34. The predicted molar refractivity (Wildman–Crippen MR) is 71.0 cm³/mol. The van der Waals surface area contributed by atoms with Gasteiger partial charge in [0.1, 0.15) is 0 Å². The van der Waals surface area contributed by atoms with E-state index in [1.165, 1.54) is 0 Å². The van der Waals surface area contributed by atoms with Crippen molar-refractivity contribution in [3.8, 4) is 6.07 Å². The molecule has 19 heavy (non-hydrogen) atoms. The number of nitriles is 1. The topological polar surface area (TPSA) is 110 Å². The number of aliphatic hydroxyl groups is 1. The van der Waals surface area contributed by atoms with Crippen LogP contribution in [-0.2, 0) is 4.57 Å². The lowest BCUT2D eigenvalue weighted by Crippen LogP contribution is -2.49. The molecule has 0 saturated heterocycles. The highest BCUT2D eigenvalue weighted by molar-refractivity contribution is 7.38. The second kappa shape index (κ2) is 6.76. The van der Waals surface area contributed by atoms with Crippen molar-refractivity contribution in [3.63, 3.8) is 0 Å². The van der Waals surface area contributed by atoms with Crippen LogP contribution in [0.25, 0.3) is 0 Å². The molecule has 1 aliphatic carbocycles. The van der Waals surface area contributed by atoms with E-state index in [0.29, 0.717) is 6.42 Å². The second-order valence-corrected chi connectivity index (χ2v) is 6.93. The van der Waals surface area contributed by atoms with Crippen molar-refractivity contribution < 1.29 is 14.6 Å². The molecule has 0 aromatic carbocycles. The smallest absolute Gasteiger partial charge is 0.346 e. The molecule has 0 heterocycles. The van der Waals surface area contributed by atoms with Crippen LogP contribution < -0.4 is 10.6 Å². The van der Waals surface area contributed by atoms with Crippen LogP contribution in [0.15, 0.2) is 0 Å². The summed E-state index contributed by atoms with van der Waals surface area (Å²) in [6.07, 6.45) is 3.07. The fourth-order valence-electron chi connectivity index (χ4n) is 3.26. The molecule has 0 aromatic rings. The third-order valence-electron chi connectivity index (χ3n) is 4.62. The van der Waals surface area contributed by atoms with E-state index in [9.17, 15) is 14.6 Å². The van der Waals surface area contributed by atoms with Gasteiger partial charge < -0.3 is 15.7 Å². The molecule has 1 rings (SSSR count). The lowest BCUT2D eigenvalue weighted by molar-refractivity contribution is -0.185. The molecule has 0 radical (unpaired) electrons. The first-order valence-corrected chi connectivity index (χ1v) is 8.04. The van der Waals surface area contributed by atoms with E-state index < -0.39 is 13.4 Å². The van der Waals surface area contributed by atoms with Crippen LogP contribution in [-0.4, -0.2) is 17.0 Å². The monoisotopic (exact) mass is 286 g/mol. The van der Waals surface area contributed by atoms with Crippen LogP contribution in [0.4, 0.5) is 0 Å². The maximum Gasteiger partial charge on any atom is 0.346 e. The minimum atomic E-state index is -2.99. The fourth-order valence-corrected chi connectivity index (χ4v) is 4.04. The summed E-state index contributed by atoms with van der Waals surface area (Å²) in [5.74, 6) is -0.181. The highest BCUT2D eigenvalue weighted by Crippen LogP contribution is 2.48. The minimum Gasteiger partial charge on any atom is -0.593 e. The lowest BCUT2D eigenvalue weighted by atomic mass is 9.68. The zero-order valence-electron chi connectivity index (χ0n) is 11.6. The summed E-state index contributed by atoms with van der Waals surface area (Å²) in [5, 5.41) is 17.6. The van der Waals surface area contributed by atoms with Gasteiger partial charge in [0.15, 0.2) is 0 Å². The third-order valence-corrected chi connectivity index (χ3v) is 5.77. The quantitative estimate of drug-likeness (QED) is 0.741. The molecule has 0 amide bonds. The summed E-state index contributed by atoms with van der Waals surface area (Å²) in [6, 6.07) is 2.29. The van der Waals surface area contributed by atoms with Gasteiger partial charge in [0, 0.05) is 11.8 Å². The largest absolute Gasteiger partial charge is 0.593 e. The third kappa shape index (κ3) is 3.32. The van der Waals surface area contributed by atoms with Crippen LogP contribution in [0, 0.1) is 35.0 Å². The molecule has 6 heteroatoms. The summed E-state index contributed by atoms with van der Waals surface area (Å²) in [4.78, 5) is 11.4. The van der Waals surface area contributed by atoms with Gasteiger partial charge in [0.25, 0.3) is 5.34 Å². The Hall–Kier alpha value is -0.530. The van der Waals surface area contributed by atoms with E-state index >= 15 is 0 Å². The van der Waals surface area contributed by atoms with Crippen LogP contribution >= 0.6 is 8.03 Å². The Morgan fingerprint density at radius 2 is 2.26 bits per heavy atom. The van der Waals surface area contributed by atoms with Crippen LogP contribution in [0.1, 0.15) is 39.5 Å². The van der Waals surface area contributed by atoms with Crippen molar-refractivity contribution in [1.82, 2.24) is 0 Å². The van der Waals surface area contributed by atoms with Gasteiger partial charge >= 0.3 is 8.03 Å². The first-order chi connectivity index (χ1) is 8.90. The second-order valence-electron chi connectivity index (χ2n) is 5.64. The Kier molecular flexibility index (Phi) is 5.88. The van der Waals surface area contributed by atoms with E-state index in [1.807, 2.05) is 13.8 Å². The SMILES string of the molecule is CCC(C#N)C1CCC(C)C(C(O)(CN)[P+](=O)[O-])C1. The van der Waals surface area contributed by atoms with Crippen LogP contribution in [0.5, 0.6) is 0 Å². The molecule has 0 spiro atoms. The van der Waals surface area contributed by atoms with E-state index in [2.05, 4.69) is 6.07 Å². The van der Waals surface area contributed by atoms with Crippen molar-refractivity contribution >= 4 is 8.03 Å². The van der Waals surface area contributed by atoms with Gasteiger partial charge in [-0.1, -0.05) is 18.4 Å². The molecular weight excluding hydrogens is 263 g/mol. The van der Waals surface area contributed by atoms with Crippen molar-refractivity contribution in [2.45, 2.75) is 44.9 Å². The molecule has 6 atom stereocenters. The number of nitrogens with two attached hydrogens (primary N) is 1. The van der Waals surface area contributed by atoms with Gasteiger partial charge in [-0.15, -0.1) is 0 Å². The molecular formula is C13H23N2O3P. The Bertz CT molecular complexity index is 371. The Morgan fingerprint density at radius 1 is 1.63 bits per heavy atom. The highest BCUT2D eigenvalue weighted by atomic mass is 31.1. The molecule has 1 fully saturated rings. The molecule has 108 valence electrons. The molecule has 5 nitrogen and oxygen atoms in total. The van der Waals surface area contributed by atoms with E-state index in [-0.39, 0.29) is 30.2 Å². The average Bonchev–Trinajstić information content (AvgIpc) is 2.40. The van der Waals surface area contributed by atoms with Gasteiger partial charge in [0.2, 0.25) is 0 Å². The number of hydrogen-bond acceptors (Lipinski definition) is 5. The Balaban J connectivity index is 2.93. The van der Waals surface area contributed by atoms with Crippen molar-refractivity contribution in [2.24, 2.45) is 29.4 Å². The molecule has 0 bridgehead atoms. The van der Waals surface area contributed by atoms with E-state index in [1.54, 1.807) is 0 Å². The van der Waals surface area contributed by atoms with Crippen LogP contribution in [0.3, 0.4) is 0 Å². The van der Waals surface area contributed by atoms with Gasteiger partial charge in [0.05, 0.1) is 12.6 Å². The first kappa shape index (κ1) is 16.5. The zero-order valence-corrected chi connectivity index (χ0v) is 12.5. The number of nitrogens with zero attached hydrogens (tertiary/aromatic N) is 1. The lowest BCUT2D eigenvalue weighted by Gasteiger charge is -2.40. The first-order valence-electron chi connectivity index (χ1n) is 6.87. The molecule has 6 unspecified atom stereocenters. The summed E-state index contributed by atoms with van der Waals surface area (Å²) < 4.78 is 11.4. The standard InChI is InChI=1S/C13H23N2O3P/c1-3-10(7-14)11-5-4-9(2)12(6-11)13(16,8-15)19(17)18/h9-12,16H,3-6,8,15H2,1-2H3. The molecule has 1 aliphatic rings. The average molecular weight is 286 g/mol. The summed E-state index contributed by atoms with van der Waals surface area (Å²) >= 11 is 0. The fraction of sp³-hybridized carbons (Fsp3) is 0.923. The maximum atomic E-state index is 11.4. The Labute approximate surface area is 115 Å². The van der Waals surface area contributed by atoms with Crippen LogP contribution in [0.2, 0.25) is 0 Å². The Morgan fingerprint density at radius 3 is 2.68 bits per heavy atom. The molecule has 0 aliphatic heterocycles. The minimum absolute atomic E-state index is 0.0680. The number of rotatable bonds is 5. The van der Waals surface area contributed by atoms with Crippen molar-refractivity contribution in [1.29, 1.82) is 5.26 Å². The summed E-state index contributed by atoms with van der Waals surface area (Å²) in [7, 11) is -2.99. The van der Waals surface area contributed by atoms with Gasteiger partial charge in [-0.3, -0.25) is 0 Å². The van der Waals surface area contributed by atoms with Gasteiger partial charge in [-0.2, -0.15) is 5.26 Å². The van der Waals surface area contributed by atoms with Gasteiger partial charge in [-0.05, 0) is 37.5 Å². The zero-order chi connectivity index (χ0) is 14.6. The molecule has 1 saturated carbocycles. The highest BCUT2D eigenvalue weighted by Gasteiger charge is 2.52. The number of hydrogen-bond donors (Lipinski definition) is 2. The van der Waals surface area contributed by atoms with Gasteiger partial charge in [-0.25, -0.2) is 0 Å². The van der Waals surface area contributed by atoms with E-state index in [4.69, 9.17) is 11.0 Å². The normalized spacial score (nSPS) is 33.1. The van der Waals surface area contributed by atoms with E-state index in [0.717, 1.165) is 19.3 Å².